The van der Waals surface area contributed by atoms with Crippen LogP contribution in [0.1, 0.15) is 26.3 Å². The van der Waals surface area contributed by atoms with E-state index in [0.29, 0.717) is 6.61 Å². The molecule has 0 saturated carbocycles. The van der Waals surface area contributed by atoms with Crippen LogP contribution in [0.4, 0.5) is 5.69 Å². The fourth-order valence-electron chi connectivity index (χ4n) is 3.61. The lowest BCUT2D eigenvalue weighted by Crippen LogP contribution is -2.66. The molecule has 4 heteroatoms. The van der Waals surface area contributed by atoms with Crippen molar-refractivity contribution < 1.29 is 4.43 Å². The molecule has 3 rings (SSSR count). The number of halogens is 1. The van der Waals surface area contributed by atoms with Crippen molar-refractivity contribution in [3.8, 4) is 0 Å². The van der Waals surface area contributed by atoms with Gasteiger partial charge in [-0.25, -0.2) is 0 Å². The van der Waals surface area contributed by atoms with Crippen molar-refractivity contribution >= 4 is 40.3 Å². The largest absolute Gasteiger partial charge is 0.403 e. The van der Waals surface area contributed by atoms with Crippen LogP contribution in [0.15, 0.2) is 83.3 Å². The van der Waals surface area contributed by atoms with E-state index in [4.69, 9.17) is 10.2 Å². The van der Waals surface area contributed by atoms with E-state index in [1.807, 2.05) is 18.2 Å². The van der Waals surface area contributed by atoms with Gasteiger partial charge in [-0.15, -0.1) is 0 Å². The van der Waals surface area contributed by atoms with Gasteiger partial charge < -0.3 is 10.2 Å². The van der Waals surface area contributed by atoms with Gasteiger partial charge in [0.25, 0.3) is 8.32 Å². The highest BCUT2D eigenvalue weighted by Gasteiger charge is 2.50. The predicted octanol–water partition coefficient (Wildman–Crippen LogP) is 5.11. The summed E-state index contributed by atoms with van der Waals surface area (Å²) in [6, 6.07) is 27.4. The minimum Gasteiger partial charge on any atom is -0.403 e. The Morgan fingerprint density at radius 1 is 0.852 bits per heavy atom. The third kappa shape index (κ3) is 4.03. The molecule has 0 saturated heterocycles. The van der Waals surface area contributed by atoms with Gasteiger partial charge in [0, 0.05) is 10.2 Å². The predicted molar refractivity (Wildman–Crippen MR) is 121 cm³/mol. The summed E-state index contributed by atoms with van der Waals surface area (Å²) in [7, 11) is -2.51. The Hall–Kier alpha value is -1.88. The Bertz CT molecular complexity index is 852. The zero-order valence-corrected chi connectivity index (χ0v) is 18.7. The fraction of sp³-hybridized carbons (Fsp3) is 0.217. The number of rotatable bonds is 5. The summed E-state index contributed by atoms with van der Waals surface area (Å²) in [5.41, 5.74) is 7.80. The molecule has 0 fully saturated rings. The fourth-order valence-corrected chi connectivity index (χ4v) is 8.58. The summed E-state index contributed by atoms with van der Waals surface area (Å²) >= 11 is 3.53. The highest BCUT2D eigenvalue weighted by molar-refractivity contribution is 9.10. The Morgan fingerprint density at radius 3 is 1.81 bits per heavy atom. The van der Waals surface area contributed by atoms with E-state index in [0.717, 1.165) is 15.7 Å². The van der Waals surface area contributed by atoms with E-state index < -0.39 is 8.32 Å². The second-order valence-corrected chi connectivity index (χ2v) is 13.0. The highest BCUT2D eigenvalue weighted by Crippen LogP contribution is 2.37. The molecule has 0 spiro atoms. The van der Waals surface area contributed by atoms with E-state index in [9.17, 15) is 0 Å². The van der Waals surface area contributed by atoms with Gasteiger partial charge in [0.2, 0.25) is 0 Å². The summed E-state index contributed by atoms with van der Waals surface area (Å²) < 4.78 is 7.83. The number of anilines is 1. The summed E-state index contributed by atoms with van der Waals surface area (Å²) in [6.07, 6.45) is 0. The van der Waals surface area contributed by atoms with Crippen LogP contribution in [0.25, 0.3) is 0 Å². The van der Waals surface area contributed by atoms with Crippen LogP contribution >= 0.6 is 15.9 Å². The van der Waals surface area contributed by atoms with Gasteiger partial charge >= 0.3 is 0 Å². The average molecular weight is 440 g/mol. The molecule has 140 valence electrons. The van der Waals surface area contributed by atoms with Crippen LogP contribution in [0, 0.1) is 0 Å². The molecule has 0 heterocycles. The smallest absolute Gasteiger partial charge is 0.261 e. The topological polar surface area (TPSA) is 35.2 Å². The molecule has 2 nitrogen and oxygen atoms in total. The number of nitrogens with two attached hydrogens (primary N) is 1. The van der Waals surface area contributed by atoms with Crippen LogP contribution in [-0.4, -0.2) is 8.32 Å². The number of hydrogen-bond acceptors (Lipinski definition) is 2. The van der Waals surface area contributed by atoms with Crippen molar-refractivity contribution in [1.82, 2.24) is 0 Å². The van der Waals surface area contributed by atoms with Gasteiger partial charge in [-0.3, -0.25) is 0 Å². The third-order valence-electron chi connectivity index (χ3n) is 4.94. The van der Waals surface area contributed by atoms with Gasteiger partial charge in [0.15, 0.2) is 0 Å². The number of benzene rings is 3. The van der Waals surface area contributed by atoms with Gasteiger partial charge in [-0.1, -0.05) is 87.5 Å². The number of nitrogen functional groups attached to an aromatic ring is 1. The van der Waals surface area contributed by atoms with Crippen molar-refractivity contribution in [1.29, 1.82) is 0 Å². The van der Waals surface area contributed by atoms with E-state index in [1.165, 1.54) is 10.4 Å². The lowest BCUT2D eigenvalue weighted by Gasteiger charge is -2.43. The first kappa shape index (κ1) is 19.9. The molecule has 0 aliphatic carbocycles. The zero-order chi connectivity index (χ0) is 19.5. The SMILES string of the molecule is CC(C)(C)[Si](OCc1ccc(N)c(Br)c1)(c1ccccc1)c1ccccc1. The maximum atomic E-state index is 6.92. The van der Waals surface area contributed by atoms with Crippen molar-refractivity contribution in [2.45, 2.75) is 32.4 Å². The van der Waals surface area contributed by atoms with Crippen LogP contribution in [-0.2, 0) is 11.0 Å². The van der Waals surface area contributed by atoms with Crippen molar-refractivity contribution in [2.75, 3.05) is 5.73 Å². The first-order chi connectivity index (χ1) is 12.8. The van der Waals surface area contributed by atoms with E-state index in [-0.39, 0.29) is 5.04 Å². The molecule has 0 bridgehead atoms. The van der Waals surface area contributed by atoms with Crippen LogP contribution in [0.5, 0.6) is 0 Å². The van der Waals surface area contributed by atoms with Gasteiger partial charge in [-0.05, 0) is 49.0 Å². The Kier molecular flexibility index (Phi) is 5.89. The summed E-state index contributed by atoms with van der Waals surface area (Å²) in [6.45, 7) is 7.42. The second-order valence-electron chi connectivity index (χ2n) is 7.81. The lowest BCUT2D eigenvalue weighted by molar-refractivity contribution is 0.286. The second kappa shape index (κ2) is 8.01. The highest BCUT2D eigenvalue weighted by atomic mass is 79.9. The molecular formula is C23H26BrNOSi. The molecule has 3 aromatic carbocycles. The molecular weight excluding hydrogens is 414 g/mol. The first-order valence-corrected chi connectivity index (χ1v) is 11.8. The maximum Gasteiger partial charge on any atom is 0.261 e. The molecule has 0 unspecified atom stereocenters. The normalized spacial score (nSPS) is 12.1. The van der Waals surface area contributed by atoms with E-state index in [1.54, 1.807) is 0 Å². The van der Waals surface area contributed by atoms with Gasteiger partial charge in [0.1, 0.15) is 0 Å². The molecule has 0 aliphatic heterocycles. The molecule has 3 aromatic rings. The summed E-state index contributed by atoms with van der Waals surface area (Å²) in [5, 5.41) is 2.55. The molecule has 27 heavy (non-hydrogen) atoms. The van der Waals surface area contributed by atoms with Crippen LogP contribution in [0.2, 0.25) is 5.04 Å². The van der Waals surface area contributed by atoms with Crippen molar-refractivity contribution in [3.05, 3.63) is 88.9 Å². The maximum absolute atomic E-state index is 6.92. The quantitative estimate of drug-likeness (QED) is 0.442. The third-order valence-corrected chi connectivity index (χ3v) is 10.6. The number of hydrogen-bond donors (Lipinski definition) is 1. The average Bonchev–Trinajstić information content (AvgIpc) is 2.66. The molecule has 0 aromatic heterocycles. The Morgan fingerprint density at radius 2 is 1.37 bits per heavy atom. The molecule has 2 N–H and O–H groups in total. The minimum atomic E-state index is -2.51. The zero-order valence-electron chi connectivity index (χ0n) is 16.1. The van der Waals surface area contributed by atoms with Gasteiger partial charge in [0.05, 0.1) is 6.61 Å². The van der Waals surface area contributed by atoms with E-state index >= 15 is 0 Å². The van der Waals surface area contributed by atoms with Crippen molar-refractivity contribution in [3.63, 3.8) is 0 Å². The van der Waals surface area contributed by atoms with Crippen molar-refractivity contribution in [2.24, 2.45) is 0 Å². The standard InChI is InChI=1S/C23H26BrNOSi/c1-23(2,3)27(19-10-6-4-7-11-19,20-12-8-5-9-13-20)26-17-18-14-15-22(25)21(24)16-18/h4-16H,17,25H2,1-3H3. The van der Waals surface area contributed by atoms with Crippen LogP contribution < -0.4 is 16.1 Å². The Labute approximate surface area is 171 Å². The van der Waals surface area contributed by atoms with Gasteiger partial charge in [-0.2, -0.15) is 0 Å². The molecule has 0 atom stereocenters. The minimum absolute atomic E-state index is 0.0270. The molecule has 0 radical (unpaired) electrons. The summed E-state index contributed by atoms with van der Waals surface area (Å²) in [5.74, 6) is 0. The molecule has 0 amide bonds. The first-order valence-electron chi connectivity index (χ1n) is 9.13. The Balaban J connectivity index is 2.10. The monoisotopic (exact) mass is 439 g/mol. The summed E-state index contributed by atoms with van der Waals surface area (Å²) in [4.78, 5) is 0. The van der Waals surface area contributed by atoms with Crippen LogP contribution in [0.3, 0.4) is 0 Å². The van der Waals surface area contributed by atoms with E-state index in [2.05, 4.69) is 97.4 Å². The lowest BCUT2D eigenvalue weighted by atomic mass is 10.2. The molecule has 0 aliphatic rings.